The van der Waals surface area contributed by atoms with Gasteiger partial charge in [0.1, 0.15) is 11.6 Å². The zero-order valence-corrected chi connectivity index (χ0v) is 12.0. The quantitative estimate of drug-likeness (QED) is 0.905. The van der Waals surface area contributed by atoms with Gasteiger partial charge in [-0.1, -0.05) is 13.8 Å². The van der Waals surface area contributed by atoms with E-state index in [0.29, 0.717) is 5.75 Å². The predicted octanol–water partition coefficient (Wildman–Crippen LogP) is 2.36. The van der Waals surface area contributed by atoms with Crippen LogP contribution in [0.5, 0.6) is 5.75 Å². The minimum atomic E-state index is -0.170. The summed E-state index contributed by atoms with van der Waals surface area (Å²) >= 11 is 0. The number of ether oxygens (including phenoxy) is 1. The maximum Gasteiger partial charge on any atom is 0.130 e. The van der Waals surface area contributed by atoms with Crippen molar-refractivity contribution in [2.75, 3.05) is 33.3 Å². The smallest absolute Gasteiger partial charge is 0.130 e. The highest BCUT2D eigenvalue weighted by molar-refractivity contribution is 5.39. The van der Waals surface area contributed by atoms with Crippen molar-refractivity contribution in [2.24, 2.45) is 0 Å². The SMILES string of the molecule is COc1cc(F)c(C(C)C)cc1CN1CCNCC1. The molecule has 0 atom stereocenters. The predicted molar refractivity (Wildman–Crippen MR) is 75.2 cm³/mol. The molecular formula is C15H23FN2O. The van der Waals surface area contributed by atoms with E-state index in [0.717, 1.165) is 43.9 Å². The minimum Gasteiger partial charge on any atom is -0.496 e. The molecule has 3 nitrogen and oxygen atoms in total. The molecule has 1 aliphatic heterocycles. The zero-order valence-electron chi connectivity index (χ0n) is 12.0. The third kappa shape index (κ3) is 3.45. The van der Waals surface area contributed by atoms with Gasteiger partial charge in [-0.25, -0.2) is 4.39 Å². The molecule has 0 amide bonds. The second-order valence-corrected chi connectivity index (χ2v) is 5.37. The van der Waals surface area contributed by atoms with E-state index in [1.165, 1.54) is 6.07 Å². The molecule has 0 radical (unpaired) electrons. The summed E-state index contributed by atoms with van der Waals surface area (Å²) in [6.45, 7) is 8.93. The van der Waals surface area contributed by atoms with Crippen molar-refractivity contribution in [3.8, 4) is 5.75 Å². The number of hydrogen-bond donors (Lipinski definition) is 1. The number of hydrogen-bond acceptors (Lipinski definition) is 3. The van der Waals surface area contributed by atoms with E-state index in [-0.39, 0.29) is 11.7 Å². The van der Waals surface area contributed by atoms with Crippen LogP contribution in [0.2, 0.25) is 0 Å². The van der Waals surface area contributed by atoms with Crippen molar-refractivity contribution in [2.45, 2.75) is 26.3 Å². The molecule has 1 N–H and O–H groups in total. The molecule has 0 bridgehead atoms. The molecule has 1 heterocycles. The van der Waals surface area contributed by atoms with Crippen molar-refractivity contribution in [1.82, 2.24) is 10.2 Å². The molecule has 106 valence electrons. The van der Waals surface area contributed by atoms with Crippen LogP contribution in [-0.4, -0.2) is 38.2 Å². The van der Waals surface area contributed by atoms with E-state index in [1.54, 1.807) is 7.11 Å². The lowest BCUT2D eigenvalue weighted by atomic mass is 9.99. The first-order valence-corrected chi connectivity index (χ1v) is 6.91. The second kappa shape index (κ2) is 6.35. The summed E-state index contributed by atoms with van der Waals surface area (Å²) in [7, 11) is 1.60. The third-order valence-electron chi connectivity index (χ3n) is 3.63. The Labute approximate surface area is 114 Å². The molecule has 0 aromatic heterocycles. The number of halogens is 1. The Kier molecular flexibility index (Phi) is 4.77. The second-order valence-electron chi connectivity index (χ2n) is 5.37. The van der Waals surface area contributed by atoms with Crippen molar-refractivity contribution in [3.05, 3.63) is 29.1 Å². The zero-order chi connectivity index (χ0) is 13.8. The Bertz CT molecular complexity index is 428. The fourth-order valence-corrected chi connectivity index (χ4v) is 2.49. The van der Waals surface area contributed by atoms with Gasteiger partial charge >= 0.3 is 0 Å². The molecule has 1 aromatic carbocycles. The summed E-state index contributed by atoms with van der Waals surface area (Å²) in [6, 6.07) is 3.48. The maximum atomic E-state index is 13.9. The van der Waals surface area contributed by atoms with Gasteiger partial charge in [0.2, 0.25) is 0 Å². The van der Waals surface area contributed by atoms with Crippen LogP contribution < -0.4 is 10.1 Å². The Morgan fingerprint density at radius 2 is 2.00 bits per heavy atom. The molecule has 0 unspecified atom stereocenters. The van der Waals surface area contributed by atoms with Crippen LogP contribution >= 0.6 is 0 Å². The maximum absolute atomic E-state index is 13.9. The lowest BCUT2D eigenvalue weighted by Crippen LogP contribution is -2.42. The summed E-state index contributed by atoms with van der Waals surface area (Å²) in [5.41, 5.74) is 1.85. The number of rotatable bonds is 4. The Morgan fingerprint density at radius 1 is 1.32 bits per heavy atom. The summed E-state index contributed by atoms with van der Waals surface area (Å²) < 4.78 is 19.3. The summed E-state index contributed by atoms with van der Waals surface area (Å²) in [5, 5.41) is 3.33. The molecule has 1 fully saturated rings. The average Bonchev–Trinajstić information content (AvgIpc) is 2.41. The normalized spacial score (nSPS) is 16.9. The molecule has 1 aliphatic rings. The van der Waals surface area contributed by atoms with Crippen molar-refractivity contribution in [3.63, 3.8) is 0 Å². The van der Waals surface area contributed by atoms with Crippen LogP contribution in [-0.2, 0) is 6.54 Å². The van der Waals surface area contributed by atoms with Gasteiger partial charge in [0.05, 0.1) is 7.11 Å². The van der Waals surface area contributed by atoms with Crippen molar-refractivity contribution < 1.29 is 9.13 Å². The average molecular weight is 266 g/mol. The summed E-state index contributed by atoms with van der Waals surface area (Å²) in [4.78, 5) is 2.37. The number of piperazine rings is 1. The standard InChI is InChI=1S/C15H23FN2O/c1-11(2)13-8-12(15(19-3)9-14(13)16)10-18-6-4-17-5-7-18/h8-9,11,17H,4-7,10H2,1-3H3. The largest absolute Gasteiger partial charge is 0.496 e. The molecule has 4 heteroatoms. The topological polar surface area (TPSA) is 24.5 Å². The first-order chi connectivity index (χ1) is 9.11. The number of methoxy groups -OCH3 is 1. The van der Waals surface area contributed by atoms with Crippen LogP contribution in [0.25, 0.3) is 0 Å². The fourth-order valence-electron chi connectivity index (χ4n) is 2.49. The fraction of sp³-hybridized carbons (Fsp3) is 0.600. The van der Waals surface area contributed by atoms with Gasteiger partial charge in [-0.05, 0) is 17.5 Å². The molecule has 1 aromatic rings. The Morgan fingerprint density at radius 3 is 2.58 bits per heavy atom. The summed E-state index contributed by atoms with van der Waals surface area (Å²) in [5.74, 6) is 0.670. The van der Waals surface area contributed by atoms with Gasteiger partial charge in [-0.15, -0.1) is 0 Å². The van der Waals surface area contributed by atoms with Crippen molar-refractivity contribution >= 4 is 0 Å². The highest BCUT2D eigenvalue weighted by atomic mass is 19.1. The van der Waals surface area contributed by atoms with Gasteiger partial charge in [-0.2, -0.15) is 0 Å². The van der Waals surface area contributed by atoms with E-state index in [4.69, 9.17) is 4.74 Å². The Balaban J connectivity index is 2.23. The molecule has 0 saturated carbocycles. The van der Waals surface area contributed by atoms with Crippen LogP contribution in [0.15, 0.2) is 12.1 Å². The van der Waals surface area contributed by atoms with Crippen LogP contribution in [0.4, 0.5) is 4.39 Å². The first-order valence-electron chi connectivity index (χ1n) is 6.91. The van der Waals surface area contributed by atoms with E-state index in [2.05, 4.69) is 10.2 Å². The lowest BCUT2D eigenvalue weighted by Gasteiger charge is -2.28. The molecule has 0 spiro atoms. The molecule has 1 saturated heterocycles. The van der Waals surface area contributed by atoms with Crippen LogP contribution in [0.1, 0.15) is 30.9 Å². The highest BCUT2D eigenvalue weighted by Crippen LogP contribution is 2.28. The van der Waals surface area contributed by atoms with Crippen LogP contribution in [0, 0.1) is 5.82 Å². The van der Waals surface area contributed by atoms with E-state index in [9.17, 15) is 4.39 Å². The minimum absolute atomic E-state index is 0.170. The third-order valence-corrected chi connectivity index (χ3v) is 3.63. The van der Waals surface area contributed by atoms with Gasteiger partial charge < -0.3 is 10.1 Å². The molecule has 2 rings (SSSR count). The Hall–Kier alpha value is -1.13. The van der Waals surface area contributed by atoms with Gasteiger partial charge in [0.15, 0.2) is 0 Å². The lowest BCUT2D eigenvalue weighted by molar-refractivity contribution is 0.230. The van der Waals surface area contributed by atoms with Gasteiger partial charge in [0, 0.05) is 44.4 Å². The highest BCUT2D eigenvalue weighted by Gasteiger charge is 2.16. The molecule has 0 aliphatic carbocycles. The number of nitrogens with zero attached hydrogens (tertiary/aromatic N) is 1. The monoisotopic (exact) mass is 266 g/mol. The van der Waals surface area contributed by atoms with Crippen LogP contribution in [0.3, 0.4) is 0 Å². The van der Waals surface area contributed by atoms with Crippen molar-refractivity contribution in [1.29, 1.82) is 0 Å². The molecule has 19 heavy (non-hydrogen) atoms. The number of benzene rings is 1. The van der Waals surface area contributed by atoms with E-state index >= 15 is 0 Å². The first kappa shape index (κ1) is 14.3. The van der Waals surface area contributed by atoms with Gasteiger partial charge in [-0.3, -0.25) is 4.90 Å². The van der Waals surface area contributed by atoms with E-state index < -0.39 is 0 Å². The summed E-state index contributed by atoms with van der Waals surface area (Å²) in [6.07, 6.45) is 0. The molecular weight excluding hydrogens is 243 g/mol. The van der Waals surface area contributed by atoms with Gasteiger partial charge in [0.25, 0.3) is 0 Å². The van der Waals surface area contributed by atoms with E-state index in [1.807, 2.05) is 19.9 Å². The number of nitrogens with one attached hydrogen (secondary N) is 1.